The second kappa shape index (κ2) is 10.4. The Morgan fingerprint density at radius 2 is 2.00 bits per heavy atom. The molecule has 2 aliphatic carbocycles. The van der Waals surface area contributed by atoms with Crippen molar-refractivity contribution in [3.63, 3.8) is 0 Å². The number of thiophene rings is 1. The lowest BCUT2D eigenvalue weighted by atomic mass is 9.63. The van der Waals surface area contributed by atoms with Gasteiger partial charge < -0.3 is 25.2 Å². The van der Waals surface area contributed by atoms with Crippen LogP contribution in [0.3, 0.4) is 0 Å². The lowest BCUT2D eigenvalue weighted by Gasteiger charge is -2.42. The summed E-state index contributed by atoms with van der Waals surface area (Å²) in [6.07, 6.45) is 13.7. The number of hydrogen-bond donors (Lipinski definition) is 2. The number of anilines is 2. The number of rotatable bonds is 3. The average molecular weight is 652 g/mol. The molecule has 1 spiro atoms. The standard InChI is InChI=1S/C35H41N9O2S/c1-19(24-8-6-16-42(24)3)44-33-26-23(40-44)11-10-20-12-15-34(2,45)18-43(20)32(26)38-31(39-33)28-21-7-4-13-35(29(21)46-41-28)14-5-9-25-27(35)22(17-36)30(37)47-25/h10-11,19-20,24,45H,4-9,12-16,18,37H2,1-3H3/t19-,20-,24-,34+,35-/m0/s1. The second-order valence-corrected chi connectivity index (χ2v) is 15.9. The third-order valence-electron chi connectivity index (χ3n) is 11.8. The molecule has 11 nitrogen and oxygen atoms in total. The third kappa shape index (κ3) is 4.22. The van der Waals surface area contributed by atoms with Crippen LogP contribution >= 0.6 is 11.3 Å². The van der Waals surface area contributed by atoms with Crippen molar-refractivity contribution in [1.29, 1.82) is 5.26 Å². The van der Waals surface area contributed by atoms with Crippen LogP contribution < -0.4 is 10.6 Å². The van der Waals surface area contributed by atoms with Crippen LogP contribution in [0, 0.1) is 11.3 Å². The smallest absolute Gasteiger partial charge is 0.186 e. The van der Waals surface area contributed by atoms with E-state index in [1.54, 1.807) is 11.3 Å². The largest absolute Gasteiger partial charge is 0.389 e. The van der Waals surface area contributed by atoms with Gasteiger partial charge in [0.1, 0.15) is 16.9 Å². The molecule has 4 aromatic rings. The van der Waals surface area contributed by atoms with Gasteiger partial charge in [0.05, 0.1) is 33.7 Å². The minimum atomic E-state index is -0.832. The summed E-state index contributed by atoms with van der Waals surface area (Å²) < 4.78 is 8.48. The van der Waals surface area contributed by atoms with Crippen molar-refractivity contribution >= 4 is 39.3 Å². The molecule has 2 saturated heterocycles. The molecule has 0 unspecified atom stereocenters. The fraction of sp³-hybridized carbons (Fsp3) is 0.571. The molecule has 7 heterocycles. The van der Waals surface area contributed by atoms with E-state index in [-0.39, 0.29) is 12.1 Å². The van der Waals surface area contributed by atoms with Crippen LogP contribution in [-0.2, 0) is 18.3 Å². The average Bonchev–Trinajstić information content (AvgIpc) is 3.82. The molecular weight excluding hydrogens is 611 g/mol. The summed E-state index contributed by atoms with van der Waals surface area (Å²) in [7, 11) is 2.20. The van der Waals surface area contributed by atoms with Crippen LogP contribution in [0.5, 0.6) is 0 Å². The molecule has 0 amide bonds. The number of hydrogen-bond acceptors (Lipinski definition) is 11. The van der Waals surface area contributed by atoms with E-state index < -0.39 is 11.0 Å². The minimum absolute atomic E-state index is 0.103. The van der Waals surface area contributed by atoms with Crippen molar-refractivity contribution in [3.05, 3.63) is 39.1 Å². The van der Waals surface area contributed by atoms with Crippen molar-refractivity contribution in [2.45, 2.75) is 107 Å². The summed E-state index contributed by atoms with van der Waals surface area (Å²) in [5, 5.41) is 32.9. The molecular formula is C35H41N9O2S. The molecule has 5 aliphatic rings. The van der Waals surface area contributed by atoms with Crippen molar-refractivity contribution in [2.75, 3.05) is 30.8 Å². The van der Waals surface area contributed by atoms with E-state index in [1.165, 1.54) is 11.3 Å². The fourth-order valence-electron chi connectivity index (χ4n) is 9.50. The fourth-order valence-corrected chi connectivity index (χ4v) is 10.7. The van der Waals surface area contributed by atoms with E-state index in [0.29, 0.717) is 34.7 Å². The second-order valence-electron chi connectivity index (χ2n) is 14.8. The molecule has 47 heavy (non-hydrogen) atoms. The van der Waals surface area contributed by atoms with Crippen LogP contribution in [0.4, 0.5) is 10.8 Å². The molecule has 0 radical (unpaired) electrons. The Labute approximate surface area is 278 Å². The molecule has 2 fully saturated rings. The summed E-state index contributed by atoms with van der Waals surface area (Å²) >= 11 is 1.55. The number of piperidine rings is 1. The highest BCUT2D eigenvalue weighted by atomic mass is 32.1. The highest BCUT2D eigenvalue weighted by molar-refractivity contribution is 7.16. The highest BCUT2D eigenvalue weighted by Gasteiger charge is 2.49. The van der Waals surface area contributed by atoms with Crippen LogP contribution in [0.2, 0.25) is 0 Å². The number of aryl methyl sites for hydroxylation is 1. The first-order valence-electron chi connectivity index (χ1n) is 17.2. The minimum Gasteiger partial charge on any atom is -0.389 e. The number of aliphatic hydroxyl groups is 1. The molecule has 3 N–H and O–H groups in total. The molecule has 5 atom stereocenters. The van der Waals surface area contributed by atoms with E-state index >= 15 is 0 Å². The van der Waals surface area contributed by atoms with Crippen LogP contribution in [0.15, 0.2) is 10.6 Å². The number of fused-ring (bicyclic) bond motifs is 6. The summed E-state index contributed by atoms with van der Waals surface area (Å²) in [6.45, 7) is 5.71. The lowest BCUT2D eigenvalue weighted by molar-refractivity contribution is 0.0398. The van der Waals surface area contributed by atoms with Crippen LogP contribution in [-0.4, -0.2) is 72.7 Å². The highest BCUT2D eigenvalue weighted by Crippen LogP contribution is 2.55. The van der Waals surface area contributed by atoms with Gasteiger partial charge in [0.25, 0.3) is 0 Å². The number of nitrogens with two attached hydrogens (primary N) is 1. The van der Waals surface area contributed by atoms with E-state index in [0.717, 1.165) is 104 Å². The molecule has 9 rings (SSSR count). The molecule has 244 valence electrons. The SMILES string of the molecule is C[C@@H]([C@@H]1CCCN1C)n1nc2c3c(nc(-c4noc5c4CCC[C@@]54CCCc5sc(N)c(C#N)c54)nc31)N1C[C@](C)(O)CC[C@@H]1C=C2. The molecule has 4 aromatic heterocycles. The van der Waals surface area contributed by atoms with Crippen molar-refractivity contribution in [2.24, 2.45) is 0 Å². The Kier molecular flexibility index (Phi) is 6.47. The van der Waals surface area contributed by atoms with Gasteiger partial charge in [-0.2, -0.15) is 10.4 Å². The van der Waals surface area contributed by atoms with Gasteiger partial charge in [0.15, 0.2) is 22.9 Å². The zero-order chi connectivity index (χ0) is 32.2. The molecule has 3 aliphatic heterocycles. The van der Waals surface area contributed by atoms with E-state index in [9.17, 15) is 10.4 Å². The maximum atomic E-state index is 11.3. The third-order valence-corrected chi connectivity index (χ3v) is 12.9. The number of nitriles is 1. The van der Waals surface area contributed by atoms with Gasteiger partial charge in [-0.15, -0.1) is 11.3 Å². The van der Waals surface area contributed by atoms with E-state index in [4.69, 9.17) is 30.5 Å². The Morgan fingerprint density at radius 1 is 1.17 bits per heavy atom. The number of aromatic nitrogens is 5. The predicted molar refractivity (Wildman–Crippen MR) is 181 cm³/mol. The Balaban J connectivity index is 1.25. The topological polar surface area (TPSA) is 146 Å². The normalized spacial score (nSPS) is 29.0. The first kappa shape index (κ1) is 29.4. The molecule has 0 aromatic carbocycles. The van der Waals surface area contributed by atoms with Gasteiger partial charge in [0.2, 0.25) is 0 Å². The van der Waals surface area contributed by atoms with Crippen molar-refractivity contribution in [1.82, 2.24) is 29.8 Å². The lowest BCUT2D eigenvalue weighted by Crippen LogP contribution is -2.51. The summed E-state index contributed by atoms with van der Waals surface area (Å²) in [5.74, 6) is 2.17. The molecule has 0 bridgehead atoms. The Bertz CT molecular complexity index is 2000. The van der Waals surface area contributed by atoms with Gasteiger partial charge in [-0.05, 0) is 103 Å². The maximum absolute atomic E-state index is 11.3. The zero-order valence-electron chi connectivity index (χ0n) is 27.3. The summed E-state index contributed by atoms with van der Waals surface area (Å²) in [4.78, 5) is 16.5. The van der Waals surface area contributed by atoms with Crippen molar-refractivity contribution in [3.8, 4) is 17.6 Å². The number of nitrogen functional groups attached to an aromatic ring is 1. The number of likely N-dealkylation sites (tertiary alicyclic amines) is 1. The van der Waals surface area contributed by atoms with Crippen molar-refractivity contribution < 1.29 is 9.63 Å². The summed E-state index contributed by atoms with van der Waals surface area (Å²) in [6, 6.07) is 2.99. The number of nitrogens with zero attached hydrogens (tertiary/aromatic N) is 8. The van der Waals surface area contributed by atoms with E-state index in [1.807, 2.05) is 6.92 Å². The van der Waals surface area contributed by atoms with Gasteiger partial charge in [0, 0.05) is 29.1 Å². The molecule has 12 heteroatoms. The Morgan fingerprint density at radius 3 is 2.79 bits per heavy atom. The quantitative estimate of drug-likeness (QED) is 0.297. The van der Waals surface area contributed by atoms with Crippen LogP contribution in [0.1, 0.15) is 104 Å². The predicted octanol–water partition coefficient (Wildman–Crippen LogP) is 5.36. The summed E-state index contributed by atoms with van der Waals surface area (Å²) in [5.41, 5.74) is 10.2. The van der Waals surface area contributed by atoms with E-state index in [2.05, 4.69) is 46.7 Å². The van der Waals surface area contributed by atoms with Gasteiger partial charge in [-0.1, -0.05) is 11.2 Å². The monoisotopic (exact) mass is 651 g/mol. The van der Waals surface area contributed by atoms with Gasteiger partial charge in [-0.3, -0.25) is 0 Å². The van der Waals surface area contributed by atoms with Gasteiger partial charge >= 0.3 is 0 Å². The maximum Gasteiger partial charge on any atom is 0.186 e. The van der Waals surface area contributed by atoms with Gasteiger partial charge in [-0.25, -0.2) is 14.6 Å². The van der Waals surface area contributed by atoms with Crippen LogP contribution in [0.25, 0.3) is 28.6 Å². The Hall–Kier alpha value is -3.79. The molecule has 0 saturated carbocycles. The first-order chi connectivity index (χ1) is 22.7. The first-order valence-corrected chi connectivity index (χ1v) is 18.0. The number of likely N-dealkylation sites (N-methyl/N-ethyl adjacent to an activating group) is 1. The zero-order valence-corrected chi connectivity index (χ0v) is 28.1.